The fourth-order valence-corrected chi connectivity index (χ4v) is 2.96. The Kier molecular flexibility index (Phi) is 5.93. The van der Waals surface area contributed by atoms with Crippen LogP contribution in [0.15, 0.2) is 48.5 Å². The summed E-state index contributed by atoms with van der Waals surface area (Å²) in [5, 5.41) is 5.66. The lowest BCUT2D eigenvalue weighted by Crippen LogP contribution is -2.49. The summed E-state index contributed by atoms with van der Waals surface area (Å²) in [6.07, 6.45) is 0. The highest BCUT2D eigenvalue weighted by Gasteiger charge is 2.25. The van der Waals surface area contributed by atoms with Gasteiger partial charge in [-0.25, -0.2) is 4.98 Å². The molecule has 0 saturated carbocycles. The van der Waals surface area contributed by atoms with E-state index in [1.165, 1.54) is 7.11 Å². The van der Waals surface area contributed by atoms with Crippen LogP contribution in [0.1, 0.15) is 30.0 Å². The van der Waals surface area contributed by atoms with Gasteiger partial charge in [-0.2, -0.15) is 0 Å². The van der Waals surface area contributed by atoms with Crippen molar-refractivity contribution in [1.82, 2.24) is 20.6 Å². The number of rotatable bonds is 7. The van der Waals surface area contributed by atoms with Crippen LogP contribution in [-0.2, 0) is 11.3 Å². The van der Waals surface area contributed by atoms with Crippen LogP contribution >= 0.6 is 0 Å². The first-order chi connectivity index (χ1) is 13.5. The van der Waals surface area contributed by atoms with Crippen molar-refractivity contribution in [2.75, 3.05) is 7.11 Å². The molecule has 28 heavy (non-hydrogen) atoms. The van der Waals surface area contributed by atoms with E-state index in [0.717, 1.165) is 11.0 Å². The van der Waals surface area contributed by atoms with Crippen molar-refractivity contribution in [1.29, 1.82) is 0 Å². The molecule has 1 heterocycles. The molecule has 1 unspecified atom stereocenters. The van der Waals surface area contributed by atoms with Gasteiger partial charge in [0.2, 0.25) is 5.91 Å². The number of imidazole rings is 1. The maximum Gasteiger partial charge on any atom is 0.255 e. The molecular formula is C21H24N4O3. The molecule has 0 aliphatic heterocycles. The zero-order valence-corrected chi connectivity index (χ0v) is 16.2. The minimum atomic E-state index is -0.679. The summed E-state index contributed by atoms with van der Waals surface area (Å²) in [7, 11) is 1.51. The number of hydrogen-bond acceptors (Lipinski definition) is 4. The van der Waals surface area contributed by atoms with Crippen LogP contribution in [0, 0.1) is 5.92 Å². The Hall–Kier alpha value is -3.35. The van der Waals surface area contributed by atoms with Crippen LogP contribution < -0.4 is 15.4 Å². The second-order valence-corrected chi connectivity index (χ2v) is 6.81. The number of amides is 2. The molecule has 7 heteroatoms. The van der Waals surface area contributed by atoms with Gasteiger partial charge < -0.3 is 20.4 Å². The molecule has 0 fully saturated rings. The van der Waals surface area contributed by atoms with E-state index in [0.29, 0.717) is 17.1 Å². The Morgan fingerprint density at radius 3 is 2.54 bits per heavy atom. The summed E-state index contributed by atoms with van der Waals surface area (Å²) in [6, 6.07) is 13.9. The predicted molar refractivity (Wildman–Crippen MR) is 107 cm³/mol. The first-order valence-electron chi connectivity index (χ1n) is 9.15. The minimum absolute atomic E-state index is 0.0886. The fraction of sp³-hybridized carbons (Fsp3) is 0.286. The summed E-state index contributed by atoms with van der Waals surface area (Å²) < 4.78 is 5.23. The summed E-state index contributed by atoms with van der Waals surface area (Å²) >= 11 is 0. The summed E-state index contributed by atoms with van der Waals surface area (Å²) in [6.45, 7) is 4.02. The lowest BCUT2D eigenvalue weighted by Gasteiger charge is -2.22. The Labute approximate surface area is 163 Å². The molecule has 0 aliphatic rings. The number of aromatic amines is 1. The lowest BCUT2D eigenvalue weighted by atomic mass is 10.0. The van der Waals surface area contributed by atoms with Crippen LogP contribution in [0.5, 0.6) is 5.75 Å². The van der Waals surface area contributed by atoms with Gasteiger partial charge in [-0.1, -0.05) is 38.1 Å². The van der Waals surface area contributed by atoms with Crippen molar-refractivity contribution in [2.24, 2.45) is 5.92 Å². The summed E-state index contributed by atoms with van der Waals surface area (Å²) in [5.41, 5.74) is 2.15. The molecule has 1 aromatic heterocycles. The van der Waals surface area contributed by atoms with Crippen LogP contribution in [-0.4, -0.2) is 34.9 Å². The highest BCUT2D eigenvalue weighted by Crippen LogP contribution is 2.18. The number of fused-ring (bicyclic) bond motifs is 1. The Balaban J connectivity index is 1.67. The predicted octanol–water partition coefficient (Wildman–Crippen LogP) is 2.64. The number of carbonyl (C=O) groups is 2. The van der Waals surface area contributed by atoms with Crippen LogP contribution in [0.2, 0.25) is 0 Å². The first kappa shape index (κ1) is 19.4. The Bertz CT molecular complexity index is 947. The van der Waals surface area contributed by atoms with E-state index >= 15 is 0 Å². The quantitative estimate of drug-likeness (QED) is 0.587. The van der Waals surface area contributed by atoms with Crippen molar-refractivity contribution in [3.05, 3.63) is 59.9 Å². The van der Waals surface area contributed by atoms with E-state index < -0.39 is 6.04 Å². The zero-order chi connectivity index (χ0) is 20.1. The van der Waals surface area contributed by atoms with Gasteiger partial charge in [-0.05, 0) is 30.2 Å². The molecular weight excluding hydrogens is 356 g/mol. The van der Waals surface area contributed by atoms with Gasteiger partial charge in [0.1, 0.15) is 17.6 Å². The van der Waals surface area contributed by atoms with Crippen molar-refractivity contribution in [3.63, 3.8) is 0 Å². The third-order valence-corrected chi connectivity index (χ3v) is 4.46. The minimum Gasteiger partial charge on any atom is -0.496 e. The van der Waals surface area contributed by atoms with Gasteiger partial charge in [0.05, 0.1) is 30.3 Å². The zero-order valence-electron chi connectivity index (χ0n) is 16.2. The number of hydrogen-bond donors (Lipinski definition) is 3. The normalized spacial score (nSPS) is 12.0. The maximum absolute atomic E-state index is 12.7. The Morgan fingerprint density at radius 2 is 1.82 bits per heavy atom. The molecule has 0 bridgehead atoms. The van der Waals surface area contributed by atoms with Gasteiger partial charge in [0, 0.05) is 0 Å². The van der Waals surface area contributed by atoms with Gasteiger partial charge in [0.15, 0.2) is 0 Å². The van der Waals surface area contributed by atoms with E-state index in [4.69, 9.17) is 4.74 Å². The number of carbonyl (C=O) groups excluding carboxylic acids is 2. The molecule has 0 spiro atoms. The number of H-pyrrole nitrogens is 1. The number of ether oxygens (including phenoxy) is 1. The van der Waals surface area contributed by atoms with Gasteiger partial charge in [0.25, 0.3) is 5.91 Å². The largest absolute Gasteiger partial charge is 0.496 e. The van der Waals surface area contributed by atoms with E-state index in [-0.39, 0.29) is 24.3 Å². The Morgan fingerprint density at radius 1 is 1.11 bits per heavy atom. The summed E-state index contributed by atoms with van der Waals surface area (Å²) in [4.78, 5) is 33.0. The van der Waals surface area contributed by atoms with Crippen LogP contribution in [0.4, 0.5) is 0 Å². The molecule has 3 rings (SSSR count). The lowest BCUT2D eigenvalue weighted by molar-refractivity contribution is -0.124. The van der Waals surface area contributed by atoms with Gasteiger partial charge >= 0.3 is 0 Å². The monoisotopic (exact) mass is 380 g/mol. The molecule has 0 saturated heterocycles. The SMILES string of the molecule is COc1ccccc1C(=O)NC(C(=O)NCc1nc2ccccc2[nH]1)C(C)C. The number of methoxy groups -OCH3 is 1. The first-order valence-corrected chi connectivity index (χ1v) is 9.15. The number of para-hydroxylation sites is 3. The third kappa shape index (κ3) is 4.31. The maximum atomic E-state index is 12.7. The third-order valence-electron chi connectivity index (χ3n) is 4.46. The van der Waals surface area contributed by atoms with Gasteiger partial charge in [-0.15, -0.1) is 0 Å². The van der Waals surface area contributed by atoms with E-state index in [9.17, 15) is 9.59 Å². The standard InChI is InChI=1S/C21H24N4O3/c1-13(2)19(25-20(26)14-8-4-7-11-17(14)28-3)21(27)22-12-18-23-15-9-5-6-10-16(15)24-18/h4-11,13,19H,12H2,1-3H3,(H,22,27)(H,23,24)(H,25,26). The van der Waals surface area contributed by atoms with E-state index in [1.54, 1.807) is 24.3 Å². The number of nitrogens with zero attached hydrogens (tertiary/aromatic N) is 1. The van der Waals surface area contributed by atoms with Crippen molar-refractivity contribution >= 4 is 22.8 Å². The molecule has 0 radical (unpaired) electrons. The molecule has 2 aromatic carbocycles. The average molecular weight is 380 g/mol. The van der Waals surface area contributed by atoms with Crippen molar-refractivity contribution in [3.8, 4) is 5.75 Å². The average Bonchev–Trinajstić information content (AvgIpc) is 3.12. The summed E-state index contributed by atoms with van der Waals surface area (Å²) in [5.74, 6) is 0.418. The number of benzene rings is 2. The molecule has 1 atom stereocenters. The molecule has 3 N–H and O–H groups in total. The number of nitrogens with one attached hydrogen (secondary N) is 3. The van der Waals surface area contributed by atoms with Crippen molar-refractivity contribution in [2.45, 2.75) is 26.4 Å². The van der Waals surface area contributed by atoms with Crippen molar-refractivity contribution < 1.29 is 14.3 Å². The highest BCUT2D eigenvalue weighted by molar-refractivity contribution is 5.99. The highest BCUT2D eigenvalue weighted by atomic mass is 16.5. The molecule has 7 nitrogen and oxygen atoms in total. The fourth-order valence-electron chi connectivity index (χ4n) is 2.96. The number of aromatic nitrogens is 2. The topological polar surface area (TPSA) is 96.1 Å². The smallest absolute Gasteiger partial charge is 0.255 e. The molecule has 2 amide bonds. The van der Waals surface area contributed by atoms with Crippen LogP contribution in [0.25, 0.3) is 11.0 Å². The molecule has 3 aromatic rings. The molecule has 146 valence electrons. The van der Waals surface area contributed by atoms with Crippen LogP contribution in [0.3, 0.4) is 0 Å². The van der Waals surface area contributed by atoms with E-state index in [2.05, 4.69) is 20.6 Å². The second-order valence-electron chi connectivity index (χ2n) is 6.81. The van der Waals surface area contributed by atoms with E-state index in [1.807, 2.05) is 38.1 Å². The molecule has 0 aliphatic carbocycles. The second kappa shape index (κ2) is 8.56. The van der Waals surface area contributed by atoms with Gasteiger partial charge in [-0.3, -0.25) is 9.59 Å².